The van der Waals surface area contributed by atoms with E-state index in [1.54, 1.807) is 10.9 Å². The first-order chi connectivity index (χ1) is 15.1. The highest BCUT2D eigenvalue weighted by molar-refractivity contribution is 7.80. The molecule has 0 fully saturated rings. The van der Waals surface area contributed by atoms with Gasteiger partial charge in [0.05, 0.1) is 19.0 Å². The van der Waals surface area contributed by atoms with E-state index in [2.05, 4.69) is 43.2 Å². The summed E-state index contributed by atoms with van der Waals surface area (Å²) >= 11 is 5.17. The molecule has 0 aliphatic rings. The number of nitrogens with zero attached hydrogens (tertiary/aromatic N) is 5. The minimum Gasteiger partial charge on any atom is -0.487 e. The fraction of sp³-hybridized carbons (Fsp3) is 0.273. The van der Waals surface area contributed by atoms with Crippen molar-refractivity contribution >= 4 is 23.5 Å². The molecule has 1 heterocycles. The van der Waals surface area contributed by atoms with Gasteiger partial charge in [0.25, 0.3) is 0 Å². The molecule has 0 aliphatic carbocycles. The molecule has 0 spiro atoms. The summed E-state index contributed by atoms with van der Waals surface area (Å²) in [7, 11) is 4.03. The Balaban J connectivity index is 1.41. The van der Waals surface area contributed by atoms with Crippen LogP contribution in [0, 0.1) is 0 Å². The summed E-state index contributed by atoms with van der Waals surface area (Å²) < 4.78 is 7.61. The van der Waals surface area contributed by atoms with Crippen LogP contribution in [0.3, 0.4) is 0 Å². The summed E-state index contributed by atoms with van der Waals surface area (Å²) in [6.07, 6.45) is 3.61. The van der Waals surface area contributed by atoms with Crippen LogP contribution >= 0.6 is 12.2 Å². The highest BCUT2D eigenvalue weighted by Gasteiger charge is 2.03. The van der Waals surface area contributed by atoms with Crippen LogP contribution in [0.15, 0.2) is 65.9 Å². The monoisotopic (exact) mass is 437 g/mol. The number of thiocarbonyl (C=S) groups is 1. The van der Waals surface area contributed by atoms with Crippen LogP contribution in [0.25, 0.3) is 0 Å². The van der Waals surface area contributed by atoms with Gasteiger partial charge in [-0.2, -0.15) is 5.10 Å². The van der Waals surface area contributed by atoms with Crippen molar-refractivity contribution in [1.82, 2.24) is 30.6 Å². The van der Waals surface area contributed by atoms with Crippen LogP contribution in [0.2, 0.25) is 0 Å². The third-order valence-corrected chi connectivity index (χ3v) is 4.50. The molecule has 0 unspecified atom stereocenters. The van der Waals surface area contributed by atoms with Gasteiger partial charge in [-0.25, -0.2) is 4.68 Å². The summed E-state index contributed by atoms with van der Waals surface area (Å²) in [5.41, 5.74) is 5.70. The summed E-state index contributed by atoms with van der Waals surface area (Å²) in [4.78, 5) is 2.08. The first kappa shape index (κ1) is 22.4. The van der Waals surface area contributed by atoms with Crippen LogP contribution in [-0.2, 0) is 13.2 Å². The predicted molar refractivity (Wildman–Crippen MR) is 126 cm³/mol. The zero-order chi connectivity index (χ0) is 21.9. The lowest BCUT2D eigenvalue weighted by Gasteiger charge is -2.11. The van der Waals surface area contributed by atoms with E-state index in [4.69, 9.17) is 17.0 Å². The number of hydrogen-bond donors (Lipinski definition) is 2. The number of benzene rings is 2. The van der Waals surface area contributed by atoms with E-state index in [1.165, 1.54) is 5.56 Å². The summed E-state index contributed by atoms with van der Waals surface area (Å²) in [5.74, 6) is 0.753. The van der Waals surface area contributed by atoms with E-state index < -0.39 is 0 Å². The van der Waals surface area contributed by atoms with E-state index in [1.807, 2.05) is 62.8 Å². The van der Waals surface area contributed by atoms with Gasteiger partial charge in [-0.1, -0.05) is 35.5 Å². The van der Waals surface area contributed by atoms with E-state index >= 15 is 0 Å². The van der Waals surface area contributed by atoms with Crippen LogP contribution < -0.4 is 15.5 Å². The minimum atomic E-state index is 0.358. The second kappa shape index (κ2) is 11.8. The third kappa shape index (κ3) is 8.15. The number of likely N-dealkylation sites (N-methyl/N-ethyl adjacent to an activating group) is 1. The van der Waals surface area contributed by atoms with Crippen molar-refractivity contribution in [2.24, 2.45) is 5.10 Å². The zero-order valence-electron chi connectivity index (χ0n) is 17.7. The molecule has 0 amide bonds. The molecule has 2 aromatic carbocycles. The van der Waals surface area contributed by atoms with Crippen LogP contribution in [0.1, 0.15) is 16.8 Å². The van der Waals surface area contributed by atoms with Gasteiger partial charge in [-0.05, 0) is 61.7 Å². The van der Waals surface area contributed by atoms with Crippen molar-refractivity contribution in [3.8, 4) is 5.75 Å². The number of aromatic nitrogens is 3. The quantitative estimate of drug-likeness (QED) is 0.286. The van der Waals surface area contributed by atoms with E-state index in [-0.39, 0.29) is 0 Å². The molecule has 0 atom stereocenters. The maximum absolute atomic E-state index is 5.81. The lowest BCUT2D eigenvalue weighted by Crippen LogP contribution is -2.36. The Kier molecular flexibility index (Phi) is 8.50. The number of nitrogens with one attached hydrogen (secondary N) is 2. The Morgan fingerprint density at radius 2 is 1.94 bits per heavy atom. The fourth-order valence-corrected chi connectivity index (χ4v) is 2.81. The highest BCUT2D eigenvalue weighted by Crippen LogP contribution is 2.13. The SMILES string of the molecule is CN(C)CCNC(=S)N/N=C\c1ccc(OCc2cn(Cc3ccccc3)nn2)cc1. The molecule has 0 saturated heterocycles. The van der Waals surface area contributed by atoms with Crippen LogP contribution in [-0.4, -0.2) is 58.4 Å². The van der Waals surface area contributed by atoms with Crippen molar-refractivity contribution in [3.05, 3.63) is 77.6 Å². The van der Waals surface area contributed by atoms with E-state index in [0.717, 1.165) is 30.1 Å². The Hall–Kier alpha value is -3.30. The molecule has 0 radical (unpaired) electrons. The first-order valence-corrected chi connectivity index (χ1v) is 10.4. The molecule has 3 rings (SSSR count). The Morgan fingerprint density at radius 3 is 2.68 bits per heavy atom. The smallest absolute Gasteiger partial charge is 0.187 e. The topological polar surface area (TPSA) is 79.6 Å². The Bertz CT molecular complexity index is 971. The normalized spacial score (nSPS) is 11.1. The molecule has 8 nitrogen and oxygen atoms in total. The van der Waals surface area contributed by atoms with Crippen LogP contribution in [0.5, 0.6) is 5.75 Å². The average Bonchev–Trinajstić information content (AvgIpc) is 3.21. The third-order valence-electron chi connectivity index (χ3n) is 4.26. The van der Waals surface area contributed by atoms with Gasteiger partial charge >= 0.3 is 0 Å². The summed E-state index contributed by atoms with van der Waals surface area (Å²) in [5, 5.41) is 16.1. The first-order valence-electron chi connectivity index (χ1n) is 9.96. The maximum Gasteiger partial charge on any atom is 0.187 e. The second-order valence-electron chi connectivity index (χ2n) is 7.18. The van der Waals surface area contributed by atoms with Gasteiger partial charge in [0, 0.05) is 13.1 Å². The summed E-state index contributed by atoms with van der Waals surface area (Å²) in [6, 6.07) is 17.8. The molecular formula is C22H27N7OS. The van der Waals surface area contributed by atoms with Crippen molar-refractivity contribution < 1.29 is 4.74 Å². The number of hydrogen-bond acceptors (Lipinski definition) is 6. The maximum atomic E-state index is 5.81. The molecule has 31 heavy (non-hydrogen) atoms. The molecule has 1 aromatic heterocycles. The number of hydrazone groups is 1. The van der Waals surface area contributed by atoms with Crippen LogP contribution in [0.4, 0.5) is 0 Å². The van der Waals surface area contributed by atoms with Crippen molar-refractivity contribution in [2.75, 3.05) is 27.2 Å². The summed E-state index contributed by atoms with van der Waals surface area (Å²) in [6.45, 7) is 2.71. The molecule has 0 bridgehead atoms. The van der Waals surface area contributed by atoms with Crippen molar-refractivity contribution in [1.29, 1.82) is 0 Å². The van der Waals surface area contributed by atoms with Crippen molar-refractivity contribution in [3.63, 3.8) is 0 Å². The highest BCUT2D eigenvalue weighted by atomic mass is 32.1. The van der Waals surface area contributed by atoms with Gasteiger partial charge in [-0.3, -0.25) is 5.43 Å². The fourth-order valence-electron chi connectivity index (χ4n) is 2.66. The predicted octanol–water partition coefficient (Wildman–Crippen LogP) is 2.26. The molecule has 2 N–H and O–H groups in total. The van der Waals surface area contributed by atoms with E-state index in [0.29, 0.717) is 18.3 Å². The van der Waals surface area contributed by atoms with Gasteiger partial charge in [0.15, 0.2) is 5.11 Å². The molecule has 162 valence electrons. The lowest BCUT2D eigenvalue weighted by atomic mass is 10.2. The second-order valence-corrected chi connectivity index (χ2v) is 7.59. The molecule has 9 heteroatoms. The van der Waals surface area contributed by atoms with E-state index in [9.17, 15) is 0 Å². The molecular weight excluding hydrogens is 410 g/mol. The minimum absolute atomic E-state index is 0.358. The standard InChI is InChI=1S/C22H27N7OS/c1-28(2)13-12-23-22(31)26-24-14-18-8-10-21(11-9-18)30-17-20-16-29(27-25-20)15-19-6-4-3-5-7-19/h3-11,14,16H,12-13,15,17H2,1-2H3,(H2,23,26,31)/b24-14-. The largest absolute Gasteiger partial charge is 0.487 e. The lowest BCUT2D eigenvalue weighted by molar-refractivity contribution is 0.301. The number of ether oxygens (including phenoxy) is 1. The number of rotatable bonds is 10. The molecule has 3 aromatic rings. The average molecular weight is 438 g/mol. The molecule has 0 aliphatic heterocycles. The van der Waals surface area contributed by atoms with Gasteiger partial charge in [-0.15, -0.1) is 5.10 Å². The van der Waals surface area contributed by atoms with Crippen molar-refractivity contribution in [2.45, 2.75) is 13.2 Å². The zero-order valence-corrected chi connectivity index (χ0v) is 18.5. The Morgan fingerprint density at radius 1 is 1.16 bits per heavy atom. The van der Waals surface area contributed by atoms with Gasteiger partial charge in [0.1, 0.15) is 18.1 Å². The van der Waals surface area contributed by atoms with Gasteiger partial charge < -0.3 is 15.0 Å². The Labute approximate surface area is 187 Å². The van der Waals surface area contributed by atoms with Gasteiger partial charge in [0.2, 0.25) is 0 Å². The molecule has 0 saturated carbocycles.